The second-order valence-electron chi connectivity index (χ2n) is 5.95. The van der Waals surface area contributed by atoms with Crippen molar-refractivity contribution in [2.75, 3.05) is 31.7 Å². The van der Waals surface area contributed by atoms with Gasteiger partial charge in [-0.25, -0.2) is 0 Å². The lowest BCUT2D eigenvalue weighted by Crippen LogP contribution is -2.35. The number of methoxy groups -OCH3 is 1. The van der Waals surface area contributed by atoms with Gasteiger partial charge in [-0.1, -0.05) is 0 Å². The molecule has 0 fully saturated rings. The summed E-state index contributed by atoms with van der Waals surface area (Å²) in [7, 11) is 1.60. The zero-order valence-electron chi connectivity index (χ0n) is 16.0. The Hall–Kier alpha value is -3.53. The van der Waals surface area contributed by atoms with Gasteiger partial charge in [-0.3, -0.25) is 9.59 Å². The number of anilines is 1. The Labute approximate surface area is 164 Å². The van der Waals surface area contributed by atoms with E-state index in [1.54, 1.807) is 55.6 Å². The van der Waals surface area contributed by atoms with Gasteiger partial charge in [-0.15, -0.1) is 0 Å². The van der Waals surface area contributed by atoms with Gasteiger partial charge in [0, 0.05) is 25.6 Å². The maximum Gasteiger partial charge on any atom is 0.223 e. The fourth-order valence-corrected chi connectivity index (χ4v) is 2.52. The van der Waals surface area contributed by atoms with E-state index in [0.717, 1.165) is 5.75 Å². The van der Waals surface area contributed by atoms with Gasteiger partial charge in [0.1, 0.15) is 18.1 Å². The summed E-state index contributed by atoms with van der Waals surface area (Å²) in [6.45, 7) is 2.40. The van der Waals surface area contributed by atoms with Crippen LogP contribution in [0.5, 0.6) is 11.5 Å². The summed E-state index contributed by atoms with van der Waals surface area (Å²) < 4.78 is 10.6. The van der Waals surface area contributed by atoms with Gasteiger partial charge in [-0.05, 0) is 48.5 Å². The zero-order valence-corrected chi connectivity index (χ0v) is 16.0. The van der Waals surface area contributed by atoms with Crippen LogP contribution in [0.4, 0.5) is 5.69 Å². The second kappa shape index (κ2) is 10.6. The van der Waals surface area contributed by atoms with E-state index < -0.39 is 0 Å². The van der Waals surface area contributed by atoms with Gasteiger partial charge in [0.15, 0.2) is 0 Å². The highest BCUT2D eigenvalue weighted by Gasteiger charge is 2.13. The average molecular weight is 381 g/mol. The topological polar surface area (TPSA) is 91.7 Å². The van der Waals surface area contributed by atoms with Crippen molar-refractivity contribution >= 4 is 17.5 Å². The molecule has 28 heavy (non-hydrogen) atoms. The van der Waals surface area contributed by atoms with Gasteiger partial charge >= 0.3 is 0 Å². The number of hydrogen-bond donors (Lipinski definition) is 1. The summed E-state index contributed by atoms with van der Waals surface area (Å²) >= 11 is 0. The molecule has 2 aromatic rings. The van der Waals surface area contributed by atoms with Crippen LogP contribution in [0, 0.1) is 11.3 Å². The van der Waals surface area contributed by atoms with Gasteiger partial charge < -0.3 is 19.7 Å². The molecule has 0 aliphatic heterocycles. The minimum atomic E-state index is -0.168. The highest BCUT2D eigenvalue weighted by molar-refractivity contribution is 5.92. The molecule has 1 N–H and O–H groups in total. The quantitative estimate of drug-likeness (QED) is 0.674. The zero-order chi connectivity index (χ0) is 20.4. The molecule has 0 spiro atoms. The van der Waals surface area contributed by atoms with Crippen LogP contribution in [0.1, 0.15) is 18.9 Å². The third-order valence-electron chi connectivity index (χ3n) is 4.00. The predicted molar refractivity (Wildman–Crippen MR) is 105 cm³/mol. The number of rotatable bonds is 9. The van der Waals surface area contributed by atoms with Gasteiger partial charge in [0.25, 0.3) is 0 Å². The molecule has 0 unspecified atom stereocenters. The van der Waals surface area contributed by atoms with Crippen LogP contribution in [0.3, 0.4) is 0 Å². The van der Waals surface area contributed by atoms with Crippen LogP contribution in [0.15, 0.2) is 48.5 Å². The maximum atomic E-state index is 12.0. The molecule has 0 saturated heterocycles. The summed E-state index contributed by atoms with van der Waals surface area (Å²) in [5, 5.41) is 11.6. The van der Waals surface area contributed by atoms with Crippen LogP contribution in [-0.4, -0.2) is 38.6 Å². The minimum absolute atomic E-state index is 0.166. The highest BCUT2D eigenvalue weighted by Crippen LogP contribution is 2.17. The lowest BCUT2D eigenvalue weighted by molar-refractivity contribution is -0.121. The smallest absolute Gasteiger partial charge is 0.223 e. The number of amides is 2. The predicted octanol–water partition coefficient (Wildman–Crippen LogP) is 2.51. The van der Waals surface area contributed by atoms with Crippen molar-refractivity contribution in [1.29, 1.82) is 5.26 Å². The van der Waals surface area contributed by atoms with E-state index in [9.17, 15) is 9.59 Å². The van der Waals surface area contributed by atoms with Crippen molar-refractivity contribution in [2.24, 2.45) is 0 Å². The standard InChI is InChI=1S/C21H23N3O4/c1-16(25)24(18-5-3-17(15-22)4-6-18)13-11-21(26)23-12-14-28-20-9-7-19(27-2)8-10-20/h3-10H,11-14H2,1-2H3,(H,23,26). The van der Waals surface area contributed by atoms with E-state index in [0.29, 0.717) is 30.2 Å². The van der Waals surface area contributed by atoms with Crippen LogP contribution in [0.2, 0.25) is 0 Å². The molecule has 0 aliphatic rings. The fourth-order valence-electron chi connectivity index (χ4n) is 2.52. The monoisotopic (exact) mass is 381 g/mol. The number of benzene rings is 2. The Morgan fingerprint density at radius 3 is 2.29 bits per heavy atom. The molecule has 0 atom stereocenters. The van der Waals surface area contributed by atoms with Crippen LogP contribution in [0.25, 0.3) is 0 Å². The number of nitriles is 1. The Morgan fingerprint density at radius 2 is 1.71 bits per heavy atom. The van der Waals surface area contributed by atoms with E-state index in [-0.39, 0.29) is 24.8 Å². The lowest BCUT2D eigenvalue weighted by atomic mass is 10.2. The maximum absolute atomic E-state index is 12.0. The average Bonchev–Trinajstić information content (AvgIpc) is 2.72. The van der Waals surface area contributed by atoms with Crippen molar-refractivity contribution < 1.29 is 19.1 Å². The summed E-state index contributed by atoms with van der Waals surface area (Å²) in [5.74, 6) is 1.11. The number of nitrogens with zero attached hydrogens (tertiary/aromatic N) is 2. The molecular formula is C21H23N3O4. The summed E-state index contributed by atoms with van der Waals surface area (Å²) in [6.07, 6.45) is 0.169. The summed E-state index contributed by atoms with van der Waals surface area (Å²) in [6, 6.07) is 15.9. The van der Waals surface area contributed by atoms with Crippen molar-refractivity contribution in [1.82, 2.24) is 5.32 Å². The Kier molecular flexibility index (Phi) is 7.85. The first-order valence-corrected chi connectivity index (χ1v) is 8.85. The Balaban J connectivity index is 1.74. The van der Waals surface area contributed by atoms with Crippen LogP contribution < -0.4 is 19.7 Å². The summed E-state index contributed by atoms with van der Waals surface area (Å²) in [5.41, 5.74) is 1.17. The first kappa shape index (κ1) is 20.8. The van der Waals surface area contributed by atoms with Crippen molar-refractivity contribution in [3.8, 4) is 17.6 Å². The molecule has 7 heteroatoms. The number of hydrogen-bond acceptors (Lipinski definition) is 5. The number of carbonyl (C=O) groups is 2. The van der Waals surface area contributed by atoms with E-state index in [1.807, 2.05) is 6.07 Å². The third kappa shape index (κ3) is 6.32. The van der Waals surface area contributed by atoms with Gasteiger partial charge in [0.05, 0.1) is 25.3 Å². The molecule has 2 aromatic carbocycles. The summed E-state index contributed by atoms with van der Waals surface area (Å²) in [4.78, 5) is 25.4. The fraction of sp³-hybridized carbons (Fsp3) is 0.286. The number of ether oxygens (including phenoxy) is 2. The number of carbonyl (C=O) groups excluding carboxylic acids is 2. The molecular weight excluding hydrogens is 358 g/mol. The first-order chi connectivity index (χ1) is 13.5. The molecule has 2 amide bonds. The molecule has 0 aromatic heterocycles. The third-order valence-corrected chi connectivity index (χ3v) is 4.00. The van der Waals surface area contributed by atoms with Crippen molar-refractivity contribution in [3.05, 3.63) is 54.1 Å². The first-order valence-electron chi connectivity index (χ1n) is 8.85. The normalized spacial score (nSPS) is 9.89. The molecule has 0 heterocycles. The van der Waals surface area contributed by atoms with Gasteiger partial charge in [0.2, 0.25) is 11.8 Å². The van der Waals surface area contributed by atoms with E-state index in [2.05, 4.69) is 5.32 Å². The van der Waals surface area contributed by atoms with Gasteiger partial charge in [-0.2, -0.15) is 5.26 Å². The molecule has 146 valence electrons. The van der Waals surface area contributed by atoms with Crippen molar-refractivity contribution in [3.63, 3.8) is 0 Å². The molecule has 0 aliphatic carbocycles. The minimum Gasteiger partial charge on any atom is -0.497 e. The van der Waals surface area contributed by atoms with Crippen LogP contribution >= 0.6 is 0 Å². The van der Waals surface area contributed by atoms with E-state index in [4.69, 9.17) is 14.7 Å². The lowest BCUT2D eigenvalue weighted by Gasteiger charge is -2.21. The Morgan fingerprint density at radius 1 is 1.07 bits per heavy atom. The molecule has 7 nitrogen and oxygen atoms in total. The molecule has 0 saturated carbocycles. The largest absolute Gasteiger partial charge is 0.497 e. The highest BCUT2D eigenvalue weighted by atomic mass is 16.5. The Bertz CT molecular complexity index is 826. The number of nitrogens with one attached hydrogen (secondary N) is 1. The SMILES string of the molecule is COc1ccc(OCCNC(=O)CCN(C(C)=O)c2ccc(C#N)cc2)cc1. The molecule has 0 bridgehead atoms. The van der Waals surface area contributed by atoms with Crippen LogP contribution in [-0.2, 0) is 9.59 Å². The molecule has 2 rings (SSSR count). The van der Waals surface area contributed by atoms with E-state index >= 15 is 0 Å². The second-order valence-corrected chi connectivity index (χ2v) is 5.95. The molecule has 0 radical (unpaired) electrons. The van der Waals surface area contributed by atoms with E-state index in [1.165, 1.54) is 11.8 Å². The van der Waals surface area contributed by atoms with Crippen molar-refractivity contribution in [2.45, 2.75) is 13.3 Å².